The fourth-order valence-corrected chi connectivity index (χ4v) is 0. The summed E-state index contributed by atoms with van der Waals surface area (Å²) in [5, 5.41) is 0. The van der Waals surface area contributed by atoms with Crippen molar-refractivity contribution in [1.82, 2.24) is 0 Å². The quantitative estimate of drug-likeness (QED) is 0.204. The molecule has 0 radical (unpaired) electrons. The van der Waals surface area contributed by atoms with E-state index in [2.05, 4.69) is 106 Å². The second-order valence-electron chi connectivity index (χ2n) is 0.117. The Morgan fingerprint density at radius 2 is 0.318 bits per heavy atom. The number of hydrogen-bond acceptors (Lipinski definition) is 0. The first-order chi connectivity index (χ1) is 10.8. The summed E-state index contributed by atoms with van der Waals surface area (Å²) in [4.78, 5) is 0. The molecule has 0 amide bonds. The zero-order valence-corrected chi connectivity index (χ0v) is 20.0. The summed E-state index contributed by atoms with van der Waals surface area (Å²) in [5.74, 6) is 0. The van der Waals surface area contributed by atoms with Gasteiger partial charge in [-0.15, -0.1) is 0 Å². The van der Waals surface area contributed by atoms with Gasteiger partial charge in [0.25, 0.3) is 0 Å². The van der Waals surface area contributed by atoms with Gasteiger partial charge < -0.3 is 0 Å². The SMILES string of the molecule is [Br][Mo][Br].[Br][Mo][Br].[C-]#[O+].[C-]#[O+].[C-]#[O+].[C-]#[O+].[C-]#[O+].[C-]#[O+].[C-]#[O+].[C-]#[O+]. The Morgan fingerprint density at radius 1 is 0.318 bits per heavy atom. The van der Waals surface area contributed by atoms with Crippen molar-refractivity contribution in [2.45, 2.75) is 0 Å². The van der Waals surface area contributed by atoms with E-state index >= 15 is 0 Å². The molecule has 0 aromatic rings. The van der Waals surface area contributed by atoms with Crippen LogP contribution in [-0.4, -0.2) is 0 Å². The van der Waals surface area contributed by atoms with Crippen molar-refractivity contribution in [1.29, 1.82) is 0 Å². The predicted molar refractivity (Wildman–Crippen MR) is 67.1 cm³/mol. The Labute approximate surface area is 170 Å². The van der Waals surface area contributed by atoms with Crippen LogP contribution in [0.25, 0.3) is 0 Å². The molecule has 0 bridgehead atoms. The molecule has 0 saturated heterocycles. The van der Waals surface area contributed by atoms with Crippen LogP contribution in [-0.2, 0) is 66.1 Å². The van der Waals surface area contributed by atoms with E-state index in [9.17, 15) is 0 Å². The van der Waals surface area contributed by atoms with Crippen LogP contribution < -0.4 is 0 Å². The molecule has 0 unspecified atom stereocenters. The number of hydrogen-bond donors (Lipinski definition) is 0. The molecule has 0 aromatic carbocycles. The van der Waals surface area contributed by atoms with Crippen molar-refractivity contribution < 1.29 is 66.1 Å². The van der Waals surface area contributed by atoms with Gasteiger partial charge in [0, 0.05) is 0 Å². The van der Waals surface area contributed by atoms with Crippen molar-refractivity contribution in [2.24, 2.45) is 0 Å². The van der Waals surface area contributed by atoms with Gasteiger partial charge in [0.15, 0.2) is 0 Å². The molecule has 0 aromatic heterocycles. The van der Waals surface area contributed by atoms with E-state index < -0.39 is 0 Å². The summed E-state index contributed by atoms with van der Waals surface area (Å²) in [7, 11) is 0. The van der Waals surface area contributed by atoms with Crippen LogP contribution in [0.3, 0.4) is 0 Å². The minimum atomic E-state index is 0.0950. The van der Waals surface area contributed by atoms with E-state index in [4.69, 9.17) is 37.2 Å². The molecule has 0 aliphatic rings. The van der Waals surface area contributed by atoms with E-state index in [1.54, 1.807) is 0 Å². The van der Waals surface area contributed by atoms with Crippen LogP contribution in [0.2, 0.25) is 0 Å². The van der Waals surface area contributed by atoms with Crippen molar-refractivity contribution >= 4 is 53.2 Å². The third-order valence-corrected chi connectivity index (χ3v) is 0. The summed E-state index contributed by atoms with van der Waals surface area (Å²) in [6, 6.07) is 0. The fourth-order valence-electron chi connectivity index (χ4n) is 0. The van der Waals surface area contributed by atoms with E-state index in [0.717, 1.165) is 0 Å². The van der Waals surface area contributed by atoms with E-state index in [-0.39, 0.29) is 28.9 Å². The molecule has 0 saturated carbocycles. The van der Waals surface area contributed by atoms with Gasteiger partial charge in [-0.25, -0.2) is 0 Å². The van der Waals surface area contributed by atoms with Gasteiger partial charge in [-0.05, 0) is 0 Å². The minimum absolute atomic E-state index is 0.0950. The van der Waals surface area contributed by atoms with Crippen molar-refractivity contribution in [3.63, 3.8) is 0 Å². The van der Waals surface area contributed by atoms with Crippen LogP contribution in [0.15, 0.2) is 0 Å². The van der Waals surface area contributed by atoms with E-state index in [0.29, 0.717) is 0 Å². The Morgan fingerprint density at radius 3 is 0.318 bits per heavy atom. The van der Waals surface area contributed by atoms with Gasteiger partial charge in [0.05, 0.1) is 0 Å². The Hall–Kier alpha value is 1.22. The molecule has 0 heterocycles. The van der Waals surface area contributed by atoms with Gasteiger partial charge in [-0.3, -0.25) is 0 Å². The Kier molecular flexibility index (Phi) is 2880. The monoisotopic (exact) mass is 735 g/mol. The zero-order valence-electron chi connectivity index (χ0n) is 9.59. The van der Waals surface area contributed by atoms with Crippen LogP contribution in [0.4, 0.5) is 0 Å². The second-order valence-corrected chi connectivity index (χ2v) is 18.6. The third-order valence-electron chi connectivity index (χ3n) is 0. The van der Waals surface area contributed by atoms with Gasteiger partial charge in [-0.2, -0.15) is 0 Å². The molecule has 0 N–H and O–H groups in total. The standard InChI is InChI=1S/8CO.4BrH.2Mo/c8*1-2;;;;;;/h;;;;;;;;4*1H;;/q;;;;;;;;;;;;2*+2/p-4. The van der Waals surface area contributed by atoms with Crippen molar-refractivity contribution in [3.8, 4) is 0 Å². The molecule has 8 nitrogen and oxygen atoms in total. The molecule has 0 aliphatic carbocycles. The molecule has 120 valence electrons. The predicted octanol–water partition coefficient (Wildman–Crippen LogP) is 3.08. The van der Waals surface area contributed by atoms with Gasteiger partial charge in [0.1, 0.15) is 0 Å². The average molecular weight is 736 g/mol. The zero-order chi connectivity index (χ0) is 21.4. The van der Waals surface area contributed by atoms with E-state index in [1.807, 2.05) is 0 Å². The van der Waals surface area contributed by atoms with Crippen molar-refractivity contribution in [2.75, 3.05) is 0 Å². The van der Waals surface area contributed by atoms with Crippen LogP contribution in [0.5, 0.6) is 0 Å². The molecule has 0 aliphatic heterocycles. The topological polar surface area (TPSA) is 159 Å². The maximum absolute atomic E-state index is 7.50. The average Bonchev–Trinajstić information content (AvgIpc) is 2.69. The third kappa shape index (κ3) is 5860. The van der Waals surface area contributed by atoms with Gasteiger partial charge >= 0.3 is 173 Å². The fraction of sp³-hybridized carbons (Fsp3) is 0. The molecule has 0 spiro atoms. The summed E-state index contributed by atoms with van der Waals surface area (Å²) in [5.41, 5.74) is 0. The van der Waals surface area contributed by atoms with Crippen LogP contribution in [0, 0.1) is 53.2 Å². The molecular formula is C8Br4Mo2O8. The molecule has 14 heteroatoms. The first-order valence-corrected chi connectivity index (χ1v) is 20.6. The first kappa shape index (κ1) is 65.6. The molecule has 0 rings (SSSR count). The Bertz CT molecular complexity index is 172. The van der Waals surface area contributed by atoms with Gasteiger partial charge in [0.2, 0.25) is 0 Å². The summed E-state index contributed by atoms with van der Waals surface area (Å²) in [6.07, 6.45) is 0. The van der Waals surface area contributed by atoms with Crippen molar-refractivity contribution in [3.05, 3.63) is 53.2 Å². The van der Waals surface area contributed by atoms with E-state index in [1.165, 1.54) is 0 Å². The Balaban J connectivity index is -0.00000000916. The summed E-state index contributed by atoms with van der Waals surface area (Å²) < 4.78 is 60.0. The molecular weight excluding hydrogens is 736 g/mol. The van der Waals surface area contributed by atoms with Crippen LogP contribution in [0.1, 0.15) is 0 Å². The van der Waals surface area contributed by atoms with Gasteiger partial charge in [-0.1, -0.05) is 0 Å². The number of rotatable bonds is 0. The maximum atomic E-state index is 7.50. The summed E-state index contributed by atoms with van der Waals surface area (Å²) in [6.45, 7) is 36.0. The number of halogens is 4. The second kappa shape index (κ2) is 967. The molecule has 22 heavy (non-hydrogen) atoms. The van der Waals surface area contributed by atoms with Crippen LogP contribution >= 0.6 is 53.2 Å². The molecule has 0 fully saturated rings. The first-order valence-electron chi connectivity index (χ1n) is 2.25. The summed E-state index contributed by atoms with van der Waals surface area (Å²) >= 11 is 13.0. The molecule has 0 atom stereocenters. The normalized spacial score (nSPS) is 2.36.